The molecule has 0 unspecified atom stereocenters. The summed E-state index contributed by atoms with van der Waals surface area (Å²) < 4.78 is 9.84. The number of hydrogen-bond acceptors (Lipinski definition) is 10. The van der Waals surface area contributed by atoms with Gasteiger partial charge in [0.25, 0.3) is 0 Å². The standard InChI is InChI=1S/C47H60N6O10/c1-27(2)39(47(61)63-5)51-40(54)28(3)48-42(56)35-18-12-22-52(35)44(58)37-31-20-21-32(26-31)38(37)45(59)53-23-13-19-36(53)43(57)49-33(24-29-14-8-6-9-15-29)41(55)50-34(46(60)62-4)25-30-16-10-7-11-17-30/h6-11,14-17,20-21,27-28,31-39H,12-13,18-19,22-26H2,1-5H3,(H,48,56)(H,49,57)(H,50,55)(H,51,54)/t28-,31+,32-,33-,34-,35-,36-,37+,38-,39-/m0/s1. The van der Waals surface area contributed by atoms with Crippen LogP contribution in [0.5, 0.6) is 0 Å². The minimum atomic E-state index is -1.10. The topological polar surface area (TPSA) is 210 Å². The number of hydrogen-bond donors (Lipinski definition) is 4. The Morgan fingerprint density at radius 2 is 1.08 bits per heavy atom. The summed E-state index contributed by atoms with van der Waals surface area (Å²) in [5.41, 5.74) is 1.58. The molecule has 63 heavy (non-hydrogen) atoms. The van der Waals surface area contributed by atoms with Gasteiger partial charge in [0.1, 0.15) is 36.3 Å². The van der Waals surface area contributed by atoms with Crippen molar-refractivity contribution in [1.82, 2.24) is 31.1 Å². The van der Waals surface area contributed by atoms with Gasteiger partial charge in [0.2, 0.25) is 35.4 Å². The van der Waals surface area contributed by atoms with Crippen LogP contribution in [0.15, 0.2) is 72.8 Å². The molecule has 0 radical (unpaired) electrons. The average Bonchev–Trinajstić information content (AvgIpc) is 4.13. The van der Waals surface area contributed by atoms with Gasteiger partial charge in [-0.2, -0.15) is 0 Å². The number of carbonyl (C=O) groups excluding carboxylic acids is 8. The second kappa shape index (κ2) is 20.9. The van der Waals surface area contributed by atoms with Gasteiger partial charge < -0.3 is 40.5 Å². The fourth-order valence-corrected chi connectivity index (χ4v) is 9.55. The number of benzene rings is 2. The fraction of sp³-hybridized carbons (Fsp3) is 0.532. The molecule has 2 bridgehead atoms. The molecule has 10 atom stereocenters. The van der Waals surface area contributed by atoms with E-state index in [0.717, 1.165) is 11.1 Å². The first-order chi connectivity index (χ1) is 30.2. The van der Waals surface area contributed by atoms with Gasteiger partial charge in [0, 0.05) is 25.9 Å². The van der Waals surface area contributed by atoms with Gasteiger partial charge in [-0.3, -0.25) is 28.8 Å². The van der Waals surface area contributed by atoms with Gasteiger partial charge in [-0.25, -0.2) is 9.59 Å². The summed E-state index contributed by atoms with van der Waals surface area (Å²) in [6.07, 6.45) is 6.60. The molecule has 2 aromatic carbocycles. The highest BCUT2D eigenvalue weighted by Gasteiger charge is 2.56. The monoisotopic (exact) mass is 868 g/mol. The zero-order chi connectivity index (χ0) is 45.4. The Morgan fingerprint density at radius 1 is 0.603 bits per heavy atom. The molecule has 4 N–H and O–H groups in total. The van der Waals surface area contributed by atoms with E-state index in [0.29, 0.717) is 38.6 Å². The van der Waals surface area contributed by atoms with Crippen LogP contribution in [0.25, 0.3) is 0 Å². The molecule has 2 heterocycles. The van der Waals surface area contributed by atoms with Crippen molar-refractivity contribution in [2.45, 2.75) is 102 Å². The highest BCUT2D eigenvalue weighted by molar-refractivity contribution is 5.98. The van der Waals surface area contributed by atoms with Crippen molar-refractivity contribution in [3.8, 4) is 0 Å². The molecular weight excluding hydrogens is 809 g/mol. The summed E-state index contributed by atoms with van der Waals surface area (Å²) in [4.78, 5) is 112. The summed E-state index contributed by atoms with van der Waals surface area (Å²) in [6, 6.07) is 12.5. The third kappa shape index (κ3) is 10.8. The SMILES string of the molecule is COC(=O)[C@H](Cc1ccccc1)NC(=O)[C@H](Cc1ccccc1)NC(=O)[C@@H]1CCCN1C(=O)[C@@H]1[C@H](C(=O)N2CCC[C@H]2C(=O)N[C@@H](C)C(=O)N[C@H](C(=O)OC)C(C)C)[C@@H]2C=C[C@H]1C2. The number of nitrogens with one attached hydrogen (secondary N) is 4. The van der Waals surface area contributed by atoms with Crippen molar-refractivity contribution in [2.75, 3.05) is 27.3 Å². The molecule has 338 valence electrons. The van der Waals surface area contributed by atoms with E-state index in [1.54, 1.807) is 13.8 Å². The highest BCUT2D eigenvalue weighted by Crippen LogP contribution is 2.50. The largest absolute Gasteiger partial charge is 0.467 e. The van der Waals surface area contributed by atoms with Gasteiger partial charge >= 0.3 is 11.9 Å². The molecule has 2 saturated heterocycles. The number of methoxy groups -OCH3 is 2. The molecule has 16 nitrogen and oxygen atoms in total. The van der Waals surface area contributed by atoms with Gasteiger partial charge in [-0.1, -0.05) is 86.7 Å². The van der Waals surface area contributed by atoms with Crippen molar-refractivity contribution < 1.29 is 47.8 Å². The van der Waals surface area contributed by atoms with Crippen molar-refractivity contribution >= 4 is 47.4 Å². The number of amides is 6. The number of esters is 2. The quantitative estimate of drug-likeness (QED) is 0.134. The number of carbonyl (C=O) groups is 8. The van der Waals surface area contributed by atoms with Crippen LogP contribution >= 0.6 is 0 Å². The third-order valence-electron chi connectivity index (χ3n) is 12.9. The summed E-state index contributed by atoms with van der Waals surface area (Å²) in [7, 11) is 2.48. The molecule has 2 aromatic rings. The number of rotatable bonds is 17. The molecule has 2 aliphatic carbocycles. The molecule has 3 fully saturated rings. The van der Waals surface area contributed by atoms with Gasteiger partial charge in [0.05, 0.1) is 26.1 Å². The minimum absolute atomic E-state index is 0.117. The van der Waals surface area contributed by atoms with E-state index in [-0.39, 0.29) is 49.0 Å². The molecule has 6 rings (SSSR count). The summed E-state index contributed by atoms with van der Waals surface area (Å²) in [6.45, 7) is 5.61. The normalized spacial score (nSPS) is 24.2. The van der Waals surface area contributed by atoms with Crippen molar-refractivity contribution in [3.05, 3.63) is 83.9 Å². The number of ether oxygens (including phenoxy) is 2. The first-order valence-electron chi connectivity index (χ1n) is 22.0. The lowest BCUT2D eigenvalue weighted by Crippen LogP contribution is -2.58. The van der Waals surface area contributed by atoms with Crippen LogP contribution in [0, 0.1) is 29.6 Å². The molecular formula is C47H60N6O10. The van der Waals surface area contributed by atoms with E-state index >= 15 is 0 Å². The van der Waals surface area contributed by atoms with Crippen LogP contribution in [0.3, 0.4) is 0 Å². The summed E-state index contributed by atoms with van der Waals surface area (Å²) in [5.74, 6) is -6.30. The zero-order valence-corrected chi connectivity index (χ0v) is 36.6. The Labute approximate surface area is 368 Å². The Balaban J connectivity index is 1.14. The second-order valence-electron chi connectivity index (χ2n) is 17.4. The van der Waals surface area contributed by atoms with Crippen LogP contribution < -0.4 is 21.3 Å². The minimum Gasteiger partial charge on any atom is -0.467 e. The van der Waals surface area contributed by atoms with Gasteiger partial charge in [-0.05, 0) is 67.9 Å². The van der Waals surface area contributed by atoms with Crippen LogP contribution in [-0.4, -0.2) is 121 Å². The third-order valence-corrected chi connectivity index (χ3v) is 12.9. The maximum Gasteiger partial charge on any atom is 0.328 e. The number of allylic oxidation sites excluding steroid dienone is 2. The predicted molar refractivity (Wildman–Crippen MR) is 230 cm³/mol. The van der Waals surface area contributed by atoms with E-state index in [1.165, 1.54) is 30.9 Å². The van der Waals surface area contributed by atoms with Crippen LogP contribution in [0.2, 0.25) is 0 Å². The molecule has 6 amide bonds. The van der Waals surface area contributed by atoms with Crippen LogP contribution in [0.4, 0.5) is 0 Å². The van der Waals surface area contributed by atoms with E-state index in [4.69, 9.17) is 9.47 Å². The molecule has 1 saturated carbocycles. The smallest absolute Gasteiger partial charge is 0.328 e. The Morgan fingerprint density at radius 3 is 1.56 bits per heavy atom. The molecule has 4 aliphatic rings. The van der Waals surface area contributed by atoms with E-state index in [9.17, 15) is 38.4 Å². The Kier molecular flexibility index (Phi) is 15.4. The van der Waals surface area contributed by atoms with Crippen molar-refractivity contribution in [3.63, 3.8) is 0 Å². The average molecular weight is 869 g/mol. The highest BCUT2D eigenvalue weighted by atomic mass is 16.5. The lowest BCUT2D eigenvalue weighted by molar-refractivity contribution is -0.151. The number of nitrogens with zero attached hydrogens (tertiary/aromatic N) is 2. The Bertz CT molecular complexity index is 2050. The first kappa shape index (κ1) is 46.4. The molecule has 16 heteroatoms. The molecule has 0 spiro atoms. The molecule has 0 aromatic heterocycles. The van der Waals surface area contributed by atoms with E-state index in [2.05, 4.69) is 21.3 Å². The first-order valence-corrected chi connectivity index (χ1v) is 22.0. The van der Waals surface area contributed by atoms with Crippen LogP contribution in [0.1, 0.15) is 64.0 Å². The fourth-order valence-electron chi connectivity index (χ4n) is 9.55. The predicted octanol–water partition coefficient (Wildman–Crippen LogP) is 1.85. The van der Waals surface area contributed by atoms with Gasteiger partial charge in [0.15, 0.2) is 0 Å². The van der Waals surface area contributed by atoms with E-state index in [1.807, 2.05) is 72.8 Å². The summed E-state index contributed by atoms with van der Waals surface area (Å²) >= 11 is 0. The zero-order valence-electron chi connectivity index (χ0n) is 36.6. The Hall–Kier alpha value is -6.06. The van der Waals surface area contributed by atoms with Crippen molar-refractivity contribution in [1.29, 1.82) is 0 Å². The summed E-state index contributed by atoms with van der Waals surface area (Å²) in [5, 5.41) is 11.1. The van der Waals surface area contributed by atoms with Crippen molar-refractivity contribution in [2.24, 2.45) is 29.6 Å². The second-order valence-corrected chi connectivity index (χ2v) is 17.4. The van der Waals surface area contributed by atoms with Gasteiger partial charge in [-0.15, -0.1) is 0 Å². The lowest BCUT2D eigenvalue weighted by atomic mass is 9.80. The maximum absolute atomic E-state index is 14.7. The number of fused-ring (bicyclic) bond motifs is 2. The maximum atomic E-state index is 14.7. The van der Waals surface area contributed by atoms with E-state index < -0.39 is 83.7 Å². The van der Waals surface area contributed by atoms with Crippen LogP contribution in [-0.2, 0) is 60.7 Å². The molecule has 2 aliphatic heterocycles. The lowest BCUT2D eigenvalue weighted by Gasteiger charge is -2.36. The number of likely N-dealkylation sites (tertiary alicyclic amines) is 2.